The Morgan fingerprint density at radius 3 is 2.14 bits per heavy atom. The van der Waals surface area contributed by atoms with Crippen molar-refractivity contribution >= 4 is 22.5 Å². The summed E-state index contributed by atoms with van der Waals surface area (Å²) in [7, 11) is -5.75. The molecule has 11 heteroatoms. The smallest absolute Gasteiger partial charge is 0.444 e. The van der Waals surface area contributed by atoms with E-state index in [1.807, 2.05) is 0 Å². The van der Waals surface area contributed by atoms with Crippen LogP contribution in [0.3, 0.4) is 0 Å². The van der Waals surface area contributed by atoms with Gasteiger partial charge in [0.25, 0.3) is 0 Å². The molecule has 0 bridgehead atoms. The van der Waals surface area contributed by atoms with E-state index in [0.29, 0.717) is 0 Å². The molecule has 1 radical (unpaired) electrons. The fourth-order valence-electron chi connectivity index (χ4n) is 1.73. The molecule has 7 nitrogen and oxygen atoms in total. The molecule has 127 valence electrons. The predicted octanol–water partition coefficient (Wildman–Crippen LogP) is 1.39. The topological polar surface area (TPSA) is 98.8 Å². The normalized spacial score (nSPS) is 26.0. The Bertz CT molecular complexity index is 545. The second-order valence-electron chi connectivity index (χ2n) is 5.84. The van der Waals surface area contributed by atoms with E-state index in [1.54, 1.807) is 20.8 Å². The van der Waals surface area contributed by atoms with Gasteiger partial charge in [-0.3, -0.25) is 8.98 Å². The predicted molar refractivity (Wildman–Crippen MR) is 66.9 cm³/mol. The first-order chi connectivity index (χ1) is 9.70. The summed E-state index contributed by atoms with van der Waals surface area (Å²) in [5.74, 6) is 0. The molecule has 1 aliphatic rings. The lowest BCUT2D eigenvalue weighted by Gasteiger charge is -2.42. The molecule has 0 unspecified atom stereocenters. The van der Waals surface area contributed by atoms with Gasteiger partial charge in [-0.2, -0.15) is 21.6 Å². The third-order valence-corrected chi connectivity index (χ3v) is 3.73. The van der Waals surface area contributed by atoms with Gasteiger partial charge >= 0.3 is 21.7 Å². The van der Waals surface area contributed by atoms with Crippen LogP contribution in [0.1, 0.15) is 33.6 Å². The molecule has 0 saturated heterocycles. The Kier molecular flexibility index (Phi) is 4.83. The van der Waals surface area contributed by atoms with E-state index in [4.69, 9.17) is 4.74 Å². The maximum Gasteiger partial charge on any atom is 0.523 e. The zero-order valence-corrected chi connectivity index (χ0v) is 12.8. The van der Waals surface area contributed by atoms with Gasteiger partial charge < -0.3 is 10.1 Å². The summed E-state index contributed by atoms with van der Waals surface area (Å²) >= 11 is 0. The molecule has 1 fully saturated rings. The summed E-state index contributed by atoms with van der Waals surface area (Å²) in [5, 5.41) is 2.15. The molecule has 0 aliphatic heterocycles. The summed E-state index contributed by atoms with van der Waals surface area (Å²) in [5.41, 5.74) is -8.00. The zero-order valence-electron chi connectivity index (χ0n) is 12.0. The molecular formula is C11H15F3NO6S. The Balaban J connectivity index is 2.62. The second kappa shape index (κ2) is 5.69. The third kappa shape index (κ3) is 4.57. The number of amides is 1. The quantitative estimate of drug-likeness (QED) is 0.610. The molecule has 1 amide bonds. The van der Waals surface area contributed by atoms with Crippen molar-refractivity contribution in [2.24, 2.45) is 0 Å². The molecule has 0 aromatic rings. The minimum absolute atomic E-state index is 0.453. The first-order valence-corrected chi connectivity index (χ1v) is 7.51. The number of hydrogen-bond acceptors (Lipinski definition) is 6. The van der Waals surface area contributed by atoms with Crippen molar-refractivity contribution in [3.63, 3.8) is 0 Å². The van der Waals surface area contributed by atoms with Crippen molar-refractivity contribution in [3.05, 3.63) is 0 Å². The average molecular weight is 346 g/mol. The van der Waals surface area contributed by atoms with Crippen molar-refractivity contribution in [2.75, 3.05) is 0 Å². The first-order valence-electron chi connectivity index (χ1n) is 6.10. The van der Waals surface area contributed by atoms with Gasteiger partial charge in [0.2, 0.25) is 6.29 Å². The van der Waals surface area contributed by atoms with Crippen LogP contribution in [0.4, 0.5) is 18.0 Å². The summed E-state index contributed by atoms with van der Waals surface area (Å²) in [6, 6.07) is 0. The molecule has 0 aromatic carbocycles. The highest BCUT2D eigenvalue weighted by Crippen LogP contribution is 2.37. The molecule has 1 rings (SSSR count). The first kappa shape index (κ1) is 18.7. The number of carbonyl (C=O) groups excluding carboxylic acids is 2. The summed E-state index contributed by atoms with van der Waals surface area (Å²) in [6.07, 6.45) is -1.78. The minimum atomic E-state index is -5.75. The summed E-state index contributed by atoms with van der Waals surface area (Å²) < 4.78 is 66.9. The molecule has 0 aromatic heterocycles. The van der Waals surface area contributed by atoms with Gasteiger partial charge in [0.1, 0.15) is 11.1 Å². The number of alkyl halides is 3. The number of hydrogen-bond donors (Lipinski definition) is 1. The lowest BCUT2D eigenvalue weighted by atomic mass is 9.75. The largest absolute Gasteiger partial charge is 0.523 e. The van der Waals surface area contributed by atoms with Crippen molar-refractivity contribution in [1.82, 2.24) is 5.32 Å². The Morgan fingerprint density at radius 2 is 1.77 bits per heavy atom. The number of halogens is 3. The third-order valence-electron chi connectivity index (χ3n) is 2.63. The Hall–Kier alpha value is -1.36. The van der Waals surface area contributed by atoms with Gasteiger partial charge in [-0.05, 0) is 20.8 Å². The Labute approximate surface area is 125 Å². The molecule has 0 atom stereocenters. The van der Waals surface area contributed by atoms with Gasteiger partial charge in [-0.1, -0.05) is 0 Å². The van der Waals surface area contributed by atoms with Crippen LogP contribution in [0.2, 0.25) is 0 Å². The van der Waals surface area contributed by atoms with E-state index in [2.05, 4.69) is 9.50 Å². The van der Waals surface area contributed by atoms with Crippen molar-refractivity contribution in [3.8, 4) is 0 Å². The molecule has 0 heterocycles. The van der Waals surface area contributed by atoms with E-state index >= 15 is 0 Å². The number of nitrogens with one attached hydrogen (secondary N) is 1. The molecule has 0 spiro atoms. The van der Waals surface area contributed by atoms with Crippen LogP contribution in [0.25, 0.3) is 0 Å². The number of carbonyl (C=O) groups is 1. The maximum absolute atomic E-state index is 12.1. The van der Waals surface area contributed by atoms with Crippen LogP contribution >= 0.6 is 0 Å². The molecular weight excluding hydrogens is 331 g/mol. The molecule has 1 saturated carbocycles. The lowest BCUT2D eigenvalue weighted by molar-refractivity contribution is -0.0638. The maximum atomic E-state index is 12.1. The van der Waals surface area contributed by atoms with Crippen LogP contribution in [-0.4, -0.2) is 43.5 Å². The summed E-state index contributed by atoms with van der Waals surface area (Å²) in [6.45, 7) is 4.73. The second-order valence-corrected chi connectivity index (χ2v) is 7.40. The van der Waals surface area contributed by atoms with Gasteiger partial charge in [-0.15, -0.1) is 0 Å². The summed E-state index contributed by atoms with van der Waals surface area (Å²) in [4.78, 5) is 22.4. The van der Waals surface area contributed by atoms with E-state index in [1.165, 1.54) is 6.29 Å². The number of alkyl carbamates (subject to hydrolysis) is 1. The SMILES string of the molecule is CC(C)(C)OC(=O)NC1([C]=O)CC(OS(=O)(=O)C(F)(F)F)C1. The zero-order chi connectivity index (χ0) is 17.4. The van der Waals surface area contributed by atoms with Crippen molar-refractivity contribution in [1.29, 1.82) is 0 Å². The van der Waals surface area contributed by atoms with Crippen molar-refractivity contribution in [2.45, 2.75) is 56.4 Å². The van der Waals surface area contributed by atoms with Gasteiger partial charge in [0.15, 0.2) is 0 Å². The molecule has 22 heavy (non-hydrogen) atoms. The standard InChI is InChI=1S/C11H15F3NO6S/c1-9(2,3)20-8(17)15-10(6-16)4-7(5-10)21-22(18,19)11(12,13)14/h7H,4-5H2,1-3H3,(H,15,17). The van der Waals surface area contributed by atoms with E-state index in [-0.39, 0.29) is 0 Å². The lowest BCUT2D eigenvalue weighted by Crippen LogP contribution is -2.62. The fraction of sp³-hybridized carbons (Fsp3) is 0.818. The average Bonchev–Trinajstić information content (AvgIpc) is 2.20. The monoisotopic (exact) mass is 346 g/mol. The Morgan fingerprint density at radius 1 is 1.27 bits per heavy atom. The highest BCUT2D eigenvalue weighted by molar-refractivity contribution is 7.87. The molecule has 1 N–H and O–H groups in total. The van der Waals surface area contributed by atoms with E-state index in [9.17, 15) is 31.2 Å². The van der Waals surface area contributed by atoms with Crippen LogP contribution in [0, 0.1) is 0 Å². The van der Waals surface area contributed by atoms with Gasteiger partial charge in [-0.25, -0.2) is 4.79 Å². The van der Waals surface area contributed by atoms with Crippen LogP contribution in [0.15, 0.2) is 0 Å². The van der Waals surface area contributed by atoms with E-state index < -0.39 is 51.8 Å². The van der Waals surface area contributed by atoms with Crippen LogP contribution in [-0.2, 0) is 23.8 Å². The number of rotatable bonds is 4. The van der Waals surface area contributed by atoms with Crippen LogP contribution in [0.5, 0.6) is 0 Å². The van der Waals surface area contributed by atoms with Gasteiger partial charge in [0, 0.05) is 12.8 Å². The fourth-order valence-corrected chi connectivity index (χ4v) is 2.33. The van der Waals surface area contributed by atoms with E-state index in [0.717, 1.165) is 0 Å². The minimum Gasteiger partial charge on any atom is -0.444 e. The van der Waals surface area contributed by atoms with Crippen LogP contribution < -0.4 is 5.32 Å². The molecule has 1 aliphatic carbocycles. The highest BCUT2D eigenvalue weighted by atomic mass is 32.2. The van der Waals surface area contributed by atoms with Gasteiger partial charge in [0.05, 0.1) is 6.10 Å². The number of ether oxygens (including phenoxy) is 1. The highest BCUT2D eigenvalue weighted by Gasteiger charge is 2.54. The van der Waals surface area contributed by atoms with Crippen molar-refractivity contribution < 1.29 is 40.1 Å².